The fraction of sp³-hybridized carbons (Fsp3) is 0.0476. The molecule has 28 heavy (non-hydrogen) atoms. The van der Waals surface area contributed by atoms with E-state index in [1.807, 2.05) is 29.8 Å². The average molecular weight is 412 g/mol. The standard InChI is InChI=1S/C21H11Cl2NO4/c1-24-16-6-10(28-19(16)9-17(24)18-3-2-4-27-18)5-13-20(25)11-7-14(22)15(23)8-12(11)21(13)26/h2-9H,1H3. The Morgan fingerprint density at radius 3 is 2.25 bits per heavy atom. The first kappa shape index (κ1) is 17.1. The summed E-state index contributed by atoms with van der Waals surface area (Å²) in [5.41, 5.74) is 2.84. The highest BCUT2D eigenvalue weighted by atomic mass is 35.5. The Kier molecular flexibility index (Phi) is 3.66. The van der Waals surface area contributed by atoms with E-state index in [1.165, 1.54) is 18.2 Å². The second-order valence-electron chi connectivity index (χ2n) is 6.49. The number of hydrogen-bond donors (Lipinski definition) is 0. The number of nitrogens with zero attached hydrogens (tertiary/aromatic N) is 1. The largest absolute Gasteiger partial charge is 0.463 e. The number of Topliss-reactive ketones (excluding diaryl/α,β-unsaturated/α-hetero) is 2. The van der Waals surface area contributed by atoms with E-state index in [0.717, 1.165) is 17.0 Å². The molecule has 0 amide bonds. The summed E-state index contributed by atoms with van der Waals surface area (Å²) in [6.45, 7) is 0. The van der Waals surface area contributed by atoms with Gasteiger partial charge in [0.2, 0.25) is 0 Å². The molecule has 0 N–H and O–H groups in total. The van der Waals surface area contributed by atoms with Crippen LogP contribution < -0.4 is 0 Å². The van der Waals surface area contributed by atoms with Crippen molar-refractivity contribution in [3.63, 3.8) is 0 Å². The van der Waals surface area contributed by atoms with E-state index in [4.69, 9.17) is 32.0 Å². The van der Waals surface area contributed by atoms with Crippen LogP contribution in [0.15, 0.2) is 57.1 Å². The number of benzene rings is 1. The first-order valence-corrected chi connectivity index (χ1v) is 9.13. The molecule has 138 valence electrons. The van der Waals surface area contributed by atoms with Crippen molar-refractivity contribution in [2.75, 3.05) is 0 Å². The highest BCUT2D eigenvalue weighted by Crippen LogP contribution is 2.35. The van der Waals surface area contributed by atoms with Crippen molar-refractivity contribution in [3.8, 4) is 11.5 Å². The molecule has 0 saturated carbocycles. The van der Waals surface area contributed by atoms with Crippen LogP contribution in [0.3, 0.4) is 0 Å². The maximum absolute atomic E-state index is 12.7. The van der Waals surface area contributed by atoms with E-state index in [1.54, 1.807) is 12.3 Å². The van der Waals surface area contributed by atoms with Crippen molar-refractivity contribution in [2.24, 2.45) is 7.05 Å². The summed E-state index contributed by atoms with van der Waals surface area (Å²) in [6.07, 6.45) is 3.06. The normalized spacial score (nSPS) is 13.6. The molecule has 7 heteroatoms. The highest BCUT2D eigenvalue weighted by molar-refractivity contribution is 6.46. The van der Waals surface area contributed by atoms with Gasteiger partial charge in [-0.1, -0.05) is 23.2 Å². The molecular weight excluding hydrogens is 401 g/mol. The number of carbonyl (C=O) groups excluding carboxylic acids is 2. The van der Waals surface area contributed by atoms with E-state index in [0.29, 0.717) is 11.3 Å². The first-order chi connectivity index (χ1) is 13.4. The second-order valence-corrected chi connectivity index (χ2v) is 7.31. The average Bonchev–Trinajstić information content (AvgIpc) is 3.41. The van der Waals surface area contributed by atoms with Crippen LogP contribution in [0.2, 0.25) is 10.0 Å². The van der Waals surface area contributed by atoms with Crippen LogP contribution in [0.25, 0.3) is 28.6 Å². The van der Waals surface area contributed by atoms with Gasteiger partial charge in [0.25, 0.3) is 0 Å². The van der Waals surface area contributed by atoms with Crippen LogP contribution in [0.5, 0.6) is 0 Å². The zero-order chi connectivity index (χ0) is 19.6. The number of aryl methyl sites for hydroxylation is 1. The zero-order valence-electron chi connectivity index (χ0n) is 14.5. The maximum atomic E-state index is 12.7. The summed E-state index contributed by atoms with van der Waals surface area (Å²) in [5.74, 6) is 0.345. The molecule has 5 rings (SSSR count). The van der Waals surface area contributed by atoms with Crippen molar-refractivity contribution >= 4 is 51.9 Å². The van der Waals surface area contributed by atoms with E-state index < -0.39 is 11.6 Å². The van der Waals surface area contributed by atoms with Gasteiger partial charge >= 0.3 is 0 Å². The summed E-state index contributed by atoms with van der Waals surface area (Å²) in [6, 6.07) is 10.2. The molecule has 0 radical (unpaired) electrons. The fourth-order valence-corrected chi connectivity index (χ4v) is 3.78. The molecule has 5 nitrogen and oxygen atoms in total. The smallest absolute Gasteiger partial charge is 0.197 e. The Labute approximate surface area is 168 Å². The van der Waals surface area contributed by atoms with E-state index in [9.17, 15) is 9.59 Å². The fourth-order valence-electron chi connectivity index (χ4n) is 3.45. The number of hydrogen-bond acceptors (Lipinski definition) is 4. The van der Waals surface area contributed by atoms with Gasteiger partial charge in [0.05, 0.1) is 33.1 Å². The van der Waals surface area contributed by atoms with Gasteiger partial charge in [-0.15, -0.1) is 0 Å². The third-order valence-electron chi connectivity index (χ3n) is 4.85. The quantitative estimate of drug-likeness (QED) is 0.308. The first-order valence-electron chi connectivity index (χ1n) is 8.37. The van der Waals surface area contributed by atoms with Gasteiger partial charge in [-0.2, -0.15) is 0 Å². The Morgan fingerprint density at radius 1 is 1.00 bits per heavy atom. The third-order valence-corrected chi connectivity index (χ3v) is 5.57. The summed E-state index contributed by atoms with van der Waals surface area (Å²) < 4.78 is 13.2. The predicted molar refractivity (Wildman–Crippen MR) is 106 cm³/mol. The minimum absolute atomic E-state index is 0.0265. The molecule has 0 atom stereocenters. The zero-order valence-corrected chi connectivity index (χ0v) is 16.0. The number of carbonyl (C=O) groups is 2. The van der Waals surface area contributed by atoms with Gasteiger partial charge in [0.15, 0.2) is 17.1 Å². The molecule has 0 unspecified atom stereocenters. The minimum atomic E-state index is -0.393. The van der Waals surface area contributed by atoms with Gasteiger partial charge in [-0.3, -0.25) is 9.59 Å². The molecule has 0 saturated heterocycles. The van der Waals surface area contributed by atoms with E-state index >= 15 is 0 Å². The van der Waals surface area contributed by atoms with Gasteiger partial charge in [0, 0.05) is 30.3 Å². The van der Waals surface area contributed by atoms with Gasteiger partial charge in [-0.05, 0) is 30.3 Å². The summed E-state index contributed by atoms with van der Waals surface area (Å²) in [5, 5.41) is 0.467. The number of halogens is 2. The van der Waals surface area contributed by atoms with Gasteiger partial charge in [-0.25, -0.2) is 0 Å². The number of aromatic nitrogens is 1. The van der Waals surface area contributed by atoms with Crippen LogP contribution in [0.4, 0.5) is 0 Å². The highest BCUT2D eigenvalue weighted by Gasteiger charge is 2.34. The lowest BCUT2D eigenvalue weighted by Crippen LogP contribution is -1.99. The number of furan rings is 2. The Hall–Kier alpha value is -3.02. The van der Waals surface area contributed by atoms with Crippen LogP contribution in [0, 0.1) is 0 Å². The lowest BCUT2D eigenvalue weighted by atomic mass is 10.1. The molecular formula is C21H11Cl2NO4. The molecule has 0 bridgehead atoms. The number of allylic oxidation sites excluding steroid dienone is 1. The third kappa shape index (κ3) is 2.40. The Balaban J connectivity index is 1.57. The lowest BCUT2D eigenvalue weighted by molar-refractivity contribution is 0.0990. The molecule has 0 spiro atoms. The molecule has 4 aromatic rings. The number of fused-ring (bicyclic) bond motifs is 2. The minimum Gasteiger partial charge on any atom is -0.463 e. The molecule has 3 aromatic heterocycles. The summed E-state index contributed by atoms with van der Waals surface area (Å²) >= 11 is 12.0. The van der Waals surface area contributed by atoms with E-state index in [2.05, 4.69) is 0 Å². The maximum Gasteiger partial charge on any atom is 0.197 e. The number of ketones is 2. The molecule has 0 aliphatic heterocycles. The molecule has 1 aliphatic rings. The monoisotopic (exact) mass is 411 g/mol. The molecule has 0 fully saturated rings. The SMILES string of the molecule is Cn1c(-c2ccco2)cc2oc(C=C3C(=O)c4cc(Cl)c(Cl)cc4C3=O)cc21. The van der Waals surface area contributed by atoms with Crippen molar-refractivity contribution in [1.29, 1.82) is 0 Å². The molecule has 3 heterocycles. The Bertz CT molecular complexity index is 1280. The van der Waals surface area contributed by atoms with Crippen LogP contribution >= 0.6 is 23.2 Å². The summed E-state index contributed by atoms with van der Waals surface area (Å²) in [7, 11) is 1.89. The molecule has 1 aliphatic carbocycles. The van der Waals surface area contributed by atoms with Crippen molar-refractivity contribution in [1.82, 2.24) is 4.57 Å². The predicted octanol–water partition coefficient (Wildman–Crippen LogP) is 5.80. The van der Waals surface area contributed by atoms with Crippen LogP contribution in [-0.4, -0.2) is 16.1 Å². The van der Waals surface area contributed by atoms with Crippen LogP contribution in [-0.2, 0) is 7.05 Å². The van der Waals surface area contributed by atoms with E-state index in [-0.39, 0.29) is 26.7 Å². The van der Waals surface area contributed by atoms with Crippen LogP contribution in [0.1, 0.15) is 26.5 Å². The van der Waals surface area contributed by atoms with Crippen molar-refractivity contribution in [3.05, 3.63) is 75.2 Å². The number of rotatable bonds is 2. The van der Waals surface area contributed by atoms with Gasteiger partial charge < -0.3 is 13.4 Å². The Morgan fingerprint density at radius 2 is 1.68 bits per heavy atom. The lowest BCUT2D eigenvalue weighted by Gasteiger charge is -1.99. The van der Waals surface area contributed by atoms with Crippen molar-refractivity contribution in [2.45, 2.75) is 0 Å². The summed E-state index contributed by atoms with van der Waals surface area (Å²) in [4.78, 5) is 25.3. The van der Waals surface area contributed by atoms with Crippen molar-refractivity contribution < 1.29 is 18.4 Å². The molecule has 1 aromatic carbocycles. The second kappa shape index (κ2) is 5.99. The topological polar surface area (TPSA) is 65.3 Å². The van der Waals surface area contributed by atoms with Gasteiger partial charge in [0.1, 0.15) is 11.5 Å².